The average Bonchev–Trinajstić information content (AvgIpc) is 2.05. The second-order valence-electron chi connectivity index (χ2n) is 3.71. The Morgan fingerprint density at radius 3 is 2.42 bits per heavy atom. The zero-order chi connectivity index (χ0) is 8.81. The molecular weight excluding hydrogens is 152 g/mol. The molecule has 0 heterocycles. The average molecular weight is 172 g/mol. The molecule has 0 amide bonds. The van der Waals surface area contributed by atoms with E-state index in [1.807, 2.05) is 0 Å². The number of methoxy groups -OCH3 is 1. The zero-order valence-electron chi connectivity index (χ0n) is 7.96. The summed E-state index contributed by atoms with van der Waals surface area (Å²) in [6.07, 6.45) is 7.73. The third-order valence-corrected chi connectivity index (χ3v) is 2.88. The van der Waals surface area contributed by atoms with Crippen LogP contribution in [0.25, 0.3) is 0 Å². The van der Waals surface area contributed by atoms with Gasteiger partial charge in [0.1, 0.15) is 0 Å². The van der Waals surface area contributed by atoms with E-state index in [0.717, 1.165) is 12.8 Å². The van der Waals surface area contributed by atoms with Crippen LogP contribution in [0.2, 0.25) is 0 Å². The van der Waals surface area contributed by atoms with Crippen molar-refractivity contribution < 1.29 is 9.84 Å². The summed E-state index contributed by atoms with van der Waals surface area (Å²) in [6, 6.07) is 0. The summed E-state index contributed by atoms with van der Waals surface area (Å²) in [4.78, 5) is 0. The molecule has 0 aromatic carbocycles. The minimum atomic E-state index is 0.290. The summed E-state index contributed by atoms with van der Waals surface area (Å²) in [6.45, 7) is 0.290. The number of rotatable bonds is 2. The van der Waals surface area contributed by atoms with E-state index in [9.17, 15) is 0 Å². The minimum absolute atomic E-state index is 0.290. The maximum Gasteiger partial charge on any atom is 0.0621 e. The van der Waals surface area contributed by atoms with Crippen LogP contribution in [0.5, 0.6) is 0 Å². The maximum absolute atomic E-state index is 9.13. The van der Waals surface area contributed by atoms with Gasteiger partial charge in [-0.1, -0.05) is 25.7 Å². The van der Waals surface area contributed by atoms with E-state index in [-0.39, 0.29) is 0 Å². The van der Waals surface area contributed by atoms with Crippen LogP contribution in [0.15, 0.2) is 0 Å². The summed E-state index contributed by atoms with van der Waals surface area (Å²) in [5, 5.41) is 9.13. The molecule has 1 N–H and O–H groups in total. The van der Waals surface area contributed by atoms with E-state index in [2.05, 4.69) is 0 Å². The van der Waals surface area contributed by atoms with Crippen molar-refractivity contribution in [2.75, 3.05) is 13.7 Å². The first-order valence-electron chi connectivity index (χ1n) is 5.02. The van der Waals surface area contributed by atoms with Crippen LogP contribution < -0.4 is 0 Å². The number of hydrogen-bond donors (Lipinski definition) is 1. The molecule has 0 spiro atoms. The lowest BCUT2D eigenvalue weighted by atomic mass is 9.89. The molecule has 0 bridgehead atoms. The number of aliphatic hydroxyl groups is 1. The van der Waals surface area contributed by atoms with Crippen LogP contribution in [0.3, 0.4) is 0 Å². The molecule has 1 fully saturated rings. The lowest BCUT2D eigenvalue weighted by molar-refractivity contribution is 0.0107. The summed E-state index contributed by atoms with van der Waals surface area (Å²) in [7, 11) is 1.76. The molecule has 1 rings (SSSR count). The zero-order valence-corrected chi connectivity index (χ0v) is 7.96. The largest absolute Gasteiger partial charge is 0.396 e. The SMILES string of the molecule is COC1CCCCCCC1CO. The Balaban J connectivity index is 2.39. The molecule has 0 saturated heterocycles. The highest BCUT2D eigenvalue weighted by Gasteiger charge is 2.21. The van der Waals surface area contributed by atoms with Gasteiger partial charge in [0.25, 0.3) is 0 Å². The van der Waals surface area contributed by atoms with E-state index in [1.165, 1.54) is 25.7 Å². The first-order chi connectivity index (χ1) is 5.88. The molecule has 72 valence electrons. The van der Waals surface area contributed by atoms with Crippen LogP contribution in [-0.2, 0) is 4.74 Å². The Morgan fingerprint density at radius 2 is 1.83 bits per heavy atom. The topological polar surface area (TPSA) is 29.5 Å². The highest BCUT2D eigenvalue weighted by atomic mass is 16.5. The van der Waals surface area contributed by atoms with E-state index in [4.69, 9.17) is 9.84 Å². The van der Waals surface area contributed by atoms with Crippen molar-refractivity contribution >= 4 is 0 Å². The van der Waals surface area contributed by atoms with Gasteiger partial charge in [0, 0.05) is 19.6 Å². The van der Waals surface area contributed by atoms with Crippen LogP contribution in [-0.4, -0.2) is 24.9 Å². The standard InChI is InChI=1S/C10H20O2/c1-12-10-7-5-3-2-4-6-9(10)8-11/h9-11H,2-8H2,1H3. The fourth-order valence-electron chi connectivity index (χ4n) is 2.05. The number of ether oxygens (including phenoxy) is 1. The van der Waals surface area contributed by atoms with E-state index in [1.54, 1.807) is 7.11 Å². The van der Waals surface area contributed by atoms with Gasteiger partial charge in [-0.05, 0) is 12.8 Å². The molecule has 0 aliphatic heterocycles. The van der Waals surface area contributed by atoms with E-state index < -0.39 is 0 Å². The van der Waals surface area contributed by atoms with Gasteiger partial charge in [-0.15, -0.1) is 0 Å². The van der Waals surface area contributed by atoms with Crippen molar-refractivity contribution in [2.24, 2.45) is 5.92 Å². The van der Waals surface area contributed by atoms with Crippen molar-refractivity contribution in [2.45, 2.75) is 44.6 Å². The molecule has 0 aromatic rings. The van der Waals surface area contributed by atoms with Crippen molar-refractivity contribution in [3.05, 3.63) is 0 Å². The first-order valence-corrected chi connectivity index (χ1v) is 5.02. The molecule has 2 heteroatoms. The van der Waals surface area contributed by atoms with Gasteiger partial charge in [-0.25, -0.2) is 0 Å². The lowest BCUT2D eigenvalue weighted by Crippen LogP contribution is -2.27. The van der Waals surface area contributed by atoms with Gasteiger partial charge in [-0.3, -0.25) is 0 Å². The van der Waals surface area contributed by atoms with Crippen LogP contribution in [0.1, 0.15) is 38.5 Å². The molecule has 0 radical (unpaired) electrons. The maximum atomic E-state index is 9.13. The quantitative estimate of drug-likeness (QED) is 0.690. The summed E-state index contributed by atoms with van der Waals surface area (Å²) in [5.74, 6) is 0.385. The third-order valence-electron chi connectivity index (χ3n) is 2.88. The fraction of sp³-hybridized carbons (Fsp3) is 1.00. The highest BCUT2D eigenvalue weighted by molar-refractivity contribution is 4.72. The van der Waals surface area contributed by atoms with Gasteiger partial charge < -0.3 is 9.84 Å². The Labute approximate surface area is 74.9 Å². The second kappa shape index (κ2) is 5.55. The van der Waals surface area contributed by atoms with Gasteiger partial charge in [-0.2, -0.15) is 0 Å². The lowest BCUT2D eigenvalue weighted by Gasteiger charge is -2.26. The molecular formula is C10H20O2. The molecule has 2 nitrogen and oxygen atoms in total. The van der Waals surface area contributed by atoms with Gasteiger partial charge in [0.15, 0.2) is 0 Å². The summed E-state index contributed by atoms with van der Waals surface area (Å²) in [5.41, 5.74) is 0. The number of hydrogen-bond acceptors (Lipinski definition) is 2. The van der Waals surface area contributed by atoms with Crippen LogP contribution in [0.4, 0.5) is 0 Å². The van der Waals surface area contributed by atoms with Gasteiger partial charge >= 0.3 is 0 Å². The Bertz CT molecular complexity index is 100. The predicted molar refractivity (Wildman–Crippen MR) is 49.1 cm³/mol. The smallest absolute Gasteiger partial charge is 0.0621 e. The van der Waals surface area contributed by atoms with Gasteiger partial charge in [0.05, 0.1) is 6.10 Å². The molecule has 12 heavy (non-hydrogen) atoms. The second-order valence-corrected chi connectivity index (χ2v) is 3.71. The Hall–Kier alpha value is -0.0800. The monoisotopic (exact) mass is 172 g/mol. The first kappa shape index (κ1) is 10.0. The molecule has 1 aliphatic rings. The van der Waals surface area contributed by atoms with Crippen molar-refractivity contribution in [3.8, 4) is 0 Å². The minimum Gasteiger partial charge on any atom is -0.396 e. The molecule has 2 atom stereocenters. The van der Waals surface area contributed by atoms with Crippen LogP contribution >= 0.6 is 0 Å². The summed E-state index contributed by atoms with van der Waals surface area (Å²) >= 11 is 0. The predicted octanol–water partition coefficient (Wildman–Crippen LogP) is 1.96. The summed E-state index contributed by atoms with van der Waals surface area (Å²) < 4.78 is 5.37. The molecule has 0 aromatic heterocycles. The van der Waals surface area contributed by atoms with E-state index in [0.29, 0.717) is 18.6 Å². The van der Waals surface area contributed by atoms with E-state index >= 15 is 0 Å². The van der Waals surface area contributed by atoms with Crippen molar-refractivity contribution in [3.63, 3.8) is 0 Å². The van der Waals surface area contributed by atoms with Crippen molar-refractivity contribution in [1.82, 2.24) is 0 Å². The molecule has 2 unspecified atom stereocenters. The normalized spacial score (nSPS) is 32.5. The molecule has 1 aliphatic carbocycles. The highest BCUT2D eigenvalue weighted by Crippen LogP contribution is 2.24. The Morgan fingerprint density at radius 1 is 1.17 bits per heavy atom. The van der Waals surface area contributed by atoms with Gasteiger partial charge in [0.2, 0.25) is 0 Å². The Kier molecular flexibility index (Phi) is 4.62. The fourth-order valence-corrected chi connectivity index (χ4v) is 2.05. The number of aliphatic hydroxyl groups excluding tert-OH is 1. The van der Waals surface area contributed by atoms with Crippen molar-refractivity contribution in [1.29, 1.82) is 0 Å². The molecule has 1 saturated carbocycles. The van der Waals surface area contributed by atoms with Crippen LogP contribution in [0, 0.1) is 5.92 Å². The third kappa shape index (κ3) is 2.76.